The Morgan fingerprint density at radius 3 is 1.45 bits per heavy atom. The van der Waals surface area contributed by atoms with E-state index in [2.05, 4.69) is 17.2 Å². The van der Waals surface area contributed by atoms with Crippen molar-refractivity contribution in [3.8, 4) is 0 Å². The number of halogens is 18. The predicted octanol–water partition coefficient (Wildman–Crippen LogP) is 11.9. The summed E-state index contributed by atoms with van der Waals surface area (Å²) >= 11 is 22.2. The first-order chi connectivity index (χ1) is 19.3. The molecule has 0 amide bonds. The molecular formula is C22H11Cl4F14N3Zn. The van der Waals surface area contributed by atoms with Gasteiger partial charge in [0.15, 0.2) is 0 Å². The monoisotopic (exact) mass is 787 g/mol. The van der Waals surface area contributed by atoms with Crippen molar-refractivity contribution < 1.29 is 80.9 Å². The maximum atomic E-state index is 14.7. The SMILES string of the molecule is FC(F)(F)C(F)(F)C(F)(F)C(=Nc1ccc(Cl)cc1Cl)N=C([N-]c1ccc(Cl)cc1Cl)C(F)(F)C(F)(F)C(F)(F)F.[CH2-]C.[Zn+2]. The summed E-state index contributed by atoms with van der Waals surface area (Å²) in [5, 5.41) is 0.115. The molecule has 0 saturated heterocycles. The van der Waals surface area contributed by atoms with Crippen LogP contribution in [0.15, 0.2) is 46.4 Å². The first kappa shape index (κ1) is 42.4. The van der Waals surface area contributed by atoms with Crippen molar-refractivity contribution in [2.75, 3.05) is 0 Å². The maximum Gasteiger partial charge on any atom is 2.00 e. The van der Waals surface area contributed by atoms with Crippen LogP contribution in [0.2, 0.25) is 20.1 Å². The minimum atomic E-state index is -7.23. The molecule has 2 rings (SSSR count). The largest absolute Gasteiger partial charge is 2.00 e. The second-order valence-electron chi connectivity index (χ2n) is 7.47. The average Bonchev–Trinajstić information content (AvgIpc) is 2.85. The Morgan fingerprint density at radius 1 is 0.636 bits per heavy atom. The van der Waals surface area contributed by atoms with Crippen molar-refractivity contribution in [1.82, 2.24) is 0 Å². The Bertz CT molecular complexity index is 1360. The summed E-state index contributed by atoms with van der Waals surface area (Å²) in [6, 6.07) is 3.62. The molecule has 22 heteroatoms. The van der Waals surface area contributed by atoms with E-state index in [1.165, 1.54) is 0 Å². The minimum Gasteiger partial charge on any atom is -0.433 e. The number of alkyl halides is 14. The molecule has 0 aliphatic heterocycles. The van der Waals surface area contributed by atoms with Gasteiger partial charge in [0, 0.05) is 15.1 Å². The molecule has 0 saturated carbocycles. The number of nitrogens with zero attached hydrogens (tertiary/aromatic N) is 3. The summed E-state index contributed by atoms with van der Waals surface area (Å²) < 4.78 is 191. The normalized spacial score (nSPS) is 14.0. The summed E-state index contributed by atoms with van der Waals surface area (Å²) in [6.45, 7) is 5.00. The summed E-state index contributed by atoms with van der Waals surface area (Å²) in [7, 11) is 0. The minimum absolute atomic E-state index is 0. The Hall–Kier alpha value is -1.62. The molecule has 0 fully saturated rings. The fraction of sp³-hybridized carbons (Fsp3) is 0.318. The second kappa shape index (κ2) is 14.9. The van der Waals surface area contributed by atoms with Crippen LogP contribution in [0.3, 0.4) is 0 Å². The van der Waals surface area contributed by atoms with E-state index < -0.39 is 69.1 Å². The molecule has 0 unspecified atom stereocenters. The van der Waals surface area contributed by atoms with Crippen molar-refractivity contribution in [2.24, 2.45) is 9.98 Å². The molecule has 242 valence electrons. The van der Waals surface area contributed by atoms with Gasteiger partial charge in [0.25, 0.3) is 0 Å². The van der Waals surface area contributed by atoms with E-state index in [0.29, 0.717) is 24.3 Å². The van der Waals surface area contributed by atoms with E-state index in [0.717, 1.165) is 12.1 Å². The Morgan fingerprint density at radius 2 is 1.05 bits per heavy atom. The number of hydrogen-bond donors (Lipinski definition) is 0. The summed E-state index contributed by atoms with van der Waals surface area (Å²) in [5.74, 6) is -34.8. The zero-order valence-corrected chi connectivity index (χ0v) is 27.0. The first-order valence-corrected chi connectivity index (χ1v) is 11.9. The van der Waals surface area contributed by atoms with E-state index in [-0.39, 0.29) is 29.5 Å². The van der Waals surface area contributed by atoms with Gasteiger partial charge in [-0.1, -0.05) is 52.5 Å². The van der Waals surface area contributed by atoms with Gasteiger partial charge in [-0.05, 0) is 41.9 Å². The predicted molar refractivity (Wildman–Crippen MR) is 133 cm³/mol. The molecule has 0 aliphatic rings. The quantitative estimate of drug-likeness (QED) is 0.0919. The van der Waals surface area contributed by atoms with Crippen LogP contribution in [-0.4, -0.2) is 47.7 Å². The third-order valence-electron chi connectivity index (χ3n) is 4.55. The van der Waals surface area contributed by atoms with Gasteiger partial charge in [-0.25, -0.2) is 4.99 Å². The molecule has 0 spiro atoms. The van der Waals surface area contributed by atoms with Crippen molar-refractivity contribution >= 4 is 69.4 Å². The molecule has 0 atom stereocenters. The number of benzene rings is 2. The van der Waals surface area contributed by atoms with Gasteiger partial charge in [-0.3, -0.25) is 0 Å². The molecule has 44 heavy (non-hydrogen) atoms. The first-order valence-electron chi connectivity index (χ1n) is 10.4. The third-order valence-corrected chi connectivity index (χ3v) is 5.62. The van der Waals surface area contributed by atoms with Crippen LogP contribution in [-0.2, 0) is 19.5 Å². The van der Waals surface area contributed by atoms with Gasteiger partial charge in [-0.15, -0.1) is 0 Å². The fourth-order valence-electron chi connectivity index (χ4n) is 2.44. The van der Waals surface area contributed by atoms with E-state index in [1.54, 1.807) is 6.92 Å². The van der Waals surface area contributed by atoms with E-state index >= 15 is 0 Å². The van der Waals surface area contributed by atoms with Crippen molar-refractivity contribution in [2.45, 2.75) is 43.0 Å². The van der Waals surface area contributed by atoms with Crippen molar-refractivity contribution in [3.63, 3.8) is 0 Å². The molecule has 0 aliphatic carbocycles. The number of amidine groups is 2. The molecule has 2 aromatic rings. The van der Waals surface area contributed by atoms with Gasteiger partial charge in [0.1, 0.15) is 5.84 Å². The summed E-state index contributed by atoms with van der Waals surface area (Å²) in [4.78, 5) is 4.51. The topological polar surface area (TPSA) is 38.8 Å². The van der Waals surface area contributed by atoms with Gasteiger partial charge >= 0.3 is 55.5 Å². The smallest absolute Gasteiger partial charge is 0.433 e. The Labute approximate surface area is 271 Å². The van der Waals surface area contributed by atoms with Gasteiger partial charge in [0.05, 0.1) is 10.7 Å². The van der Waals surface area contributed by atoms with Gasteiger partial charge in [-0.2, -0.15) is 68.4 Å². The second-order valence-corrected chi connectivity index (χ2v) is 9.15. The van der Waals surface area contributed by atoms with E-state index in [9.17, 15) is 61.5 Å². The molecule has 3 nitrogen and oxygen atoms in total. The number of aliphatic imine (C=N–C) groups is 2. The molecule has 0 radical (unpaired) electrons. The molecule has 0 bridgehead atoms. The van der Waals surface area contributed by atoms with Crippen LogP contribution in [0.5, 0.6) is 0 Å². The van der Waals surface area contributed by atoms with E-state index in [1.807, 2.05) is 4.99 Å². The van der Waals surface area contributed by atoms with Crippen molar-refractivity contribution in [1.29, 1.82) is 0 Å². The Balaban J connectivity index is 0.00000603. The van der Waals surface area contributed by atoms with Crippen LogP contribution in [0.4, 0.5) is 72.8 Å². The Kier molecular flexibility index (Phi) is 14.3. The molecule has 2 aromatic carbocycles. The number of hydrogen-bond acceptors (Lipinski definition) is 1. The molecule has 0 aromatic heterocycles. The molecule has 0 heterocycles. The number of rotatable bonds is 6. The maximum absolute atomic E-state index is 14.7. The summed E-state index contributed by atoms with van der Waals surface area (Å²) in [6.07, 6.45) is -14.3. The standard InChI is InChI=1S/C20H6Cl4F14N3.C2H5.Zn/c21-7-1-3-11(9(23)5-7)39-13(15(25,26)17(29,30)19(33,34)35)41-14(16(27,28)18(31,32)20(36,37)38)40-12-4-2-8(22)6-10(12)24;1-2;/h1-6H;1H2,2H3;/q2*-1;+2. The van der Waals surface area contributed by atoms with Gasteiger partial charge in [0.2, 0.25) is 0 Å². The molecule has 0 N–H and O–H groups in total. The van der Waals surface area contributed by atoms with Crippen LogP contribution in [0.25, 0.3) is 5.32 Å². The zero-order valence-electron chi connectivity index (χ0n) is 21.0. The van der Waals surface area contributed by atoms with Crippen LogP contribution < -0.4 is 0 Å². The van der Waals surface area contributed by atoms with Crippen LogP contribution in [0, 0.1) is 6.92 Å². The average molecular weight is 791 g/mol. The van der Waals surface area contributed by atoms with Crippen molar-refractivity contribution in [3.05, 3.63) is 68.7 Å². The van der Waals surface area contributed by atoms with Crippen LogP contribution >= 0.6 is 46.4 Å². The third kappa shape index (κ3) is 8.80. The van der Waals surface area contributed by atoms with E-state index in [4.69, 9.17) is 46.4 Å². The zero-order chi connectivity index (χ0) is 34.0. The van der Waals surface area contributed by atoms with Crippen LogP contribution in [0.1, 0.15) is 6.92 Å². The fourth-order valence-corrected chi connectivity index (χ4v) is 3.34. The molecular weight excluding hydrogens is 779 g/mol. The van der Waals surface area contributed by atoms with Gasteiger partial charge < -0.3 is 17.2 Å². The summed E-state index contributed by atoms with van der Waals surface area (Å²) in [5.41, 5.74) is -2.47.